The molecule has 3 aliphatic rings. The molecule has 0 aromatic heterocycles. The molecule has 2 aliphatic heterocycles. The van der Waals surface area contributed by atoms with Gasteiger partial charge in [0.15, 0.2) is 0 Å². The topological polar surface area (TPSA) is 81.2 Å². The number of hydrogen-bond acceptors (Lipinski definition) is 6. The molecular weight excluding hydrogens is 745 g/mol. The fourth-order valence-electron chi connectivity index (χ4n) is 8.48. The van der Waals surface area contributed by atoms with E-state index in [1.807, 2.05) is 78.9 Å². The van der Waals surface area contributed by atoms with E-state index in [4.69, 9.17) is 0 Å². The highest BCUT2D eigenvalue weighted by molar-refractivity contribution is 6.34. The van der Waals surface area contributed by atoms with Gasteiger partial charge in [0.1, 0.15) is 0 Å². The van der Waals surface area contributed by atoms with Crippen molar-refractivity contribution in [1.82, 2.24) is 10.0 Å². The summed E-state index contributed by atoms with van der Waals surface area (Å²) in [6, 6.07) is 30.2. The lowest BCUT2D eigenvalue weighted by Crippen LogP contribution is -2.53. The van der Waals surface area contributed by atoms with E-state index in [0.29, 0.717) is 45.4 Å². The molecule has 1 atom stereocenters. The molecule has 8 nitrogen and oxygen atoms in total. The van der Waals surface area contributed by atoms with E-state index in [-0.39, 0.29) is 39.0 Å². The predicted octanol–water partition coefficient (Wildman–Crippen LogP) is 12.3. The second-order valence-electron chi connectivity index (χ2n) is 19.0. The van der Waals surface area contributed by atoms with Crippen LogP contribution in [0.15, 0.2) is 121 Å². The summed E-state index contributed by atoms with van der Waals surface area (Å²) in [7, 11) is 0. The zero-order chi connectivity index (χ0) is 43.0. The van der Waals surface area contributed by atoms with Crippen LogP contribution in [0.5, 0.6) is 0 Å². The Morgan fingerprint density at radius 2 is 0.883 bits per heavy atom. The van der Waals surface area contributed by atoms with E-state index in [1.165, 1.54) is 10.0 Å². The number of rotatable bonds is 8. The number of nitrogens with zero attached hydrogens (tertiary/aromatic N) is 4. The van der Waals surface area contributed by atoms with Crippen LogP contribution in [-0.2, 0) is 5.41 Å². The number of allylic oxidation sites excluding steroid dienone is 3. The Bertz CT molecular complexity index is 2550. The third kappa shape index (κ3) is 6.82. The van der Waals surface area contributed by atoms with Gasteiger partial charge in [0.05, 0.1) is 45.0 Å². The van der Waals surface area contributed by atoms with Gasteiger partial charge in [-0.05, 0) is 118 Å². The SMILES string of the molecule is CC(C)c1ccc(N(C2=CCC(C(C)(C)C)C=C2)N2C(=O)c3ccc4c5c(ccc(c35)C2=O)C(=O)N(N(c2ccc(C(C)C)cc2)c2ccc(C(C)(C)C)cc2)C4=O)cc1. The molecule has 1 aliphatic carbocycles. The molecular formula is C52H54N4O4. The zero-order valence-electron chi connectivity index (χ0n) is 36.3. The number of imide groups is 2. The number of benzene rings is 5. The minimum atomic E-state index is -0.552. The molecule has 0 saturated heterocycles. The first kappa shape index (κ1) is 40.5. The standard InChI is InChI=1S/C52H54N4O4/c1-31(2)33-11-19-37(20-12-33)53(39-23-15-35(16-24-39)51(5,6)7)55-47(57)41-27-29-43-46-44(30-28-42(45(41)46)48(55)58)50(60)56(49(43)59)54(38-21-13-34(14-22-38)32(3)4)40-25-17-36(18-26-40)52(8,9)10/h11-17,19-32,36H,18H2,1-10H3. The molecule has 8 rings (SSSR count). The molecule has 0 spiro atoms. The summed E-state index contributed by atoms with van der Waals surface area (Å²) >= 11 is 0. The summed E-state index contributed by atoms with van der Waals surface area (Å²) in [4.78, 5) is 59.6. The molecule has 5 aromatic rings. The Morgan fingerprint density at radius 1 is 0.517 bits per heavy atom. The summed E-state index contributed by atoms with van der Waals surface area (Å²) in [6.07, 6.45) is 6.99. The maximum Gasteiger partial charge on any atom is 0.280 e. The van der Waals surface area contributed by atoms with Crippen molar-refractivity contribution in [1.29, 1.82) is 0 Å². The van der Waals surface area contributed by atoms with Gasteiger partial charge in [0.2, 0.25) is 0 Å². The third-order valence-corrected chi connectivity index (χ3v) is 12.3. The number of amides is 4. The molecule has 8 heteroatoms. The normalized spacial score (nSPS) is 16.7. The molecule has 2 heterocycles. The van der Waals surface area contributed by atoms with Crippen molar-refractivity contribution in [3.8, 4) is 0 Å². The van der Waals surface area contributed by atoms with Crippen LogP contribution in [-0.4, -0.2) is 33.6 Å². The van der Waals surface area contributed by atoms with Crippen LogP contribution in [0.2, 0.25) is 0 Å². The minimum absolute atomic E-state index is 0.0325. The average Bonchev–Trinajstić information content (AvgIpc) is 3.21. The highest BCUT2D eigenvalue weighted by Crippen LogP contribution is 2.43. The fraction of sp³-hybridized carbons (Fsp3) is 0.308. The van der Waals surface area contributed by atoms with Gasteiger partial charge in [-0.25, -0.2) is 10.0 Å². The van der Waals surface area contributed by atoms with E-state index in [1.54, 1.807) is 34.3 Å². The summed E-state index contributed by atoms with van der Waals surface area (Å²) in [5.74, 6) is -1.31. The zero-order valence-corrected chi connectivity index (χ0v) is 36.3. The summed E-state index contributed by atoms with van der Waals surface area (Å²) in [6.45, 7) is 21.5. The van der Waals surface area contributed by atoms with Crippen molar-refractivity contribution in [3.63, 3.8) is 0 Å². The maximum atomic E-state index is 14.9. The largest absolute Gasteiger partial charge is 0.280 e. The summed E-state index contributed by atoms with van der Waals surface area (Å²) in [5.41, 5.74) is 6.92. The monoisotopic (exact) mass is 798 g/mol. The molecule has 0 N–H and O–H groups in total. The van der Waals surface area contributed by atoms with Crippen LogP contribution in [0.3, 0.4) is 0 Å². The smallest absolute Gasteiger partial charge is 0.267 e. The van der Waals surface area contributed by atoms with Crippen molar-refractivity contribution in [2.75, 3.05) is 10.0 Å². The first-order chi connectivity index (χ1) is 28.4. The second-order valence-corrected chi connectivity index (χ2v) is 19.0. The highest BCUT2D eigenvalue weighted by atomic mass is 16.2. The van der Waals surface area contributed by atoms with Gasteiger partial charge in [0.25, 0.3) is 23.6 Å². The van der Waals surface area contributed by atoms with Gasteiger partial charge in [-0.1, -0.05) is 118 Å². The highest BCUT2D eigenvalue weighted by Gasteiger charge is 2.44. The molecule has 0 radical (unpaired) electrons. The number of carbonyl (C=O) groups excluding carboxylic acids is 4. The van der Waals surface area contributed by atoms with Crippen molar-refractivity contribution in [2.24, 2.45) is 11.3 Å². The maximum absolute atomic E-state index is 14.9. The molecule has 306 valence electrons. The molecule has 0 saturated carbocycles. The number of hydrogen-bond donors (Lipinski definition) is 0. The van der Waals surface area contributed by atoms with Crippen molar-refractivity contribution in [3.05, 3.63) is 160 Å². The lowest BCUT2D eigenvalue weighted by Gasteiger charge is -2.41. The van der Waals surface area contributed by atoms with Crippen LogP contribution in [0.4, 0.5) is 17.1 Å². The van der Waals surface area contributed by atoms with Gasteiger partial charge in [-0.15, -0.1) is 0 Å². The molecule has 4 amide bonds. The third-order valence-electron chi connectivity index (χ3n) is 12.3. The Labute approximate surface area is 353 Å². The quantitative estimate of drug-likeness (QED) is 0.145. The molecule has 5 aromatic carbocycles. The van der Waals surface area contributed by atoms with Gasteiger partial charge < -0.3 is 0 Å². The van der Waals surface area contributed by atoms with Gasteiger partial charge in [-0.3, -0.25) is 19.2 Å². The van der Waals surface area contributed by atoms with Crippen LogP contribution in [0, 0.1) is 11.3 Å². The lowest BCUT2D eigenvalue weighted by molar-refractivity contribution is 0.0585. The van der Waals surface area contributed by atoms with E-state index in [2.05, 4.69) is 81.4 Å². The van der Waals surface area contributed by atoms with Crippen molar-refractivity contribution in [2.45, 2.75) is 92.9 Å². The van der Waals surface area contributed by atoms with Gasteiger partial charge in [0, 0.05) is 10.8 Å². The lowest BCUT2D eigenvalue weighted by atomic mass is 9.77. The van der Waals surface area contributed by atoms with Gasteiger partial charge in [-0.2, -0.15) is 10.0 Å². The van der Waals surface area contributed by atoms with E-state index in [9.17, 15) is 19.2 Å². The summed E-state index contributed by atoms with van der Waals surface area (Å²) < 4.78 is 0. The van der Waals surface area contributed by atoms with Gasteiger partial charge >= 0.3 is 0 Å². The predicted molar refractivity (Wildman–Crippen MR) is 241 cm³/mol. The summed E-state index contributed by atoms with van der Waals surface area (Å²) in [5, 5.41) is 6.39. The second kappa shape index (κ2) is 14.8. The Hall–Kier alpha value is -6.28. The Balaban J connectivity index is 1.23. The van der Waals surface area contributed by atoms with Crippen LogP contribution in [0.25, 0.3) is 10.8 Å². The van der Waals surface area contributed by atoms with E-state index in [0.717, 1.165) is 23.1 Å². The van der Waals surface area contributed by atoms with Crippen LogP contribution >= 0.6 is 0 Å². The fourth-order valence-corrected chi connectivity index (χ4v) is 8.48. The minimum Gasteiger partial charge on any atom is -0.267 e. The molecule has 0 bridgehead atoms. The molecule has 1 unspecified atom stereocenters. The van der Waals surface area contributed by atoms with Crippen LogP contribution < -0.4 is 10.0 Å². The van der Waals surface area contributed by atoms with Crippen molar-refractivity contribution < 1.29 is 19.2 Å². The Kier molecular flexibility index (Phi) is 9.97. The number of carbonyl (C=O) groups is 4. The number of anilines is 3. The first-order valence-electron chi connectivity index (χ1n) is 21.0. The Morgan fingerprint density at radius 3 is 1.22 bits per heavy atom. The van der Waals surface area contributed by atoms with Crippen LogP contribution in [0.1, 0.15) is 146 Å². The van der Waals surface area contributed by atoms with Crippen molar-refractivity contribution >= 4 is 51.5 Å². The van der Waals surface area contributed by atoms with E-state index < -0.39 is 23.6 Å². The average molecular weight is 799 g/mol. The number of hydrazine groups is 2. The molecule has 0 fully saturated rings. The molecule has 60 heavy (non-hydrogen) atoms. The van der Waals surface area contributed by atoms with E-state index >= 15 is 0 Å². The first-order valence-corrected chi connectivity index (χ1v) is 21.0.